The quantitative estimate of drug-likeness (QED) is 0.626. The maximum Gasteiger partial charge on any atom is 0.141 e. The van der Waals surface area contributed by atoms with Crippen LogP contribution >= 0.6 is 23.2 Å². The van der Waals surface area contributed by atoms with E-state index in [9.17, 15) is 0 Å². The first kappa shape index (κ1) is 10.9. The van der Waals surface area contributed by atoms with Crippen LogP contribution in [0.1, 0.15) is 11.1 Å². The normalized spacial score (nSPS) is 12.2. The largest absolute Gasteiger partial charge is 0.495 e. The zero-order valence-corrected chi connectivity index (χ0v) is 10.8. The number of methoxy groups -OCH3 is 1. The summed E-state index contributed by atoms with van der Waals surface area (Å²) in [6.07, 6.45) is 0.828. The van der Waals surface area contributed by atoms with Crippen molar-refractivity contribution in [2.45, 2.75) is 6.42 Å². The molecule has 1 aliphatic carbocycles. The molecule has 0 fully saturated rings. The van der Waals surface area contributed by atoms with E-state index in [1.54, 1.807) is 7.11 Å². The number of ether oxygens (including phenoxy) is 1. The summed E-state index contributed by atoms with van der Waals surface area (Å²) < 4.78 is 5.38. The highest BCUT2D eigenvalue weighted by Crippen LogP contribution is 2.44. The molecule has 17 heavy (non-hydrogen) atoms. The van der Waals surface area contributed by atoms with Gasteiger partial charge < -0.3 is 4.74 Å². The molecule has 0 aliphatic heterocycles. The highest BCUT2D eigenvalue weighted by molar-refractivity contribution is 6.32. The molecule has 0 atom stereocenters. The first-order valence-electron chi connectivity index (χ1n) is 5.35. The van der Waals surface area contributed by atoms with Crippen molar-refractivity contribution >= 4 is 23.2 Å². The fraction of sp³-hybridized carbons (Fsp3) is 0.143. The molecular weight excluding hydrogens is 255 g/mol. The molecule has 0 N–H and O–H groups in total. The average molecular weight is 265 g/mol. The van der Waals surface area contributed by atoms with Gasteiger partial charge in [-0.1, -0.05) is 35.3 Å². The SMILES string of the molecule is COc1c(Cl)ccc2c1Cc1cc(Cl)ccc1-2. The maximum atomic E-state index is 6.13. The fourth-order valence-electron chi connectivity index (χ4n) is 2.41. The standard InChI is InChI=1S/C14H10Cl2O/c1-17-14-12-7-8-6-9(15)2-3-10(8)11(12)4-5-13(14)16/h2-6H,7H2,1H3. The lowest BCUT2D eigenvalue weighted by Crippen LogP contribution is -1.91. The second-order valence-corrected chi connectivity index (χ2v) is 4.93. The van der Waals surface area contributed by atoms with Gasteiger partial charge in [0.05, 0.1) is 12.1 Å². The summed E-state index contributed by atoms with van der Waals surface area (Å²) >= 11 is 12.1. The zero-order chi connectivity index (χ0) is 12.0. The van der Waals surface area contributed by atoms with Crippen LogP contribution in [0.15, 0.2) is 30.3 Å². The number of rotatable bonds is 1. The number of hydrogen-bond acceptors (Lipinski definition) is 1. The molecule has 0 saturated heterocycles. The van der Waals surface area contributed by atoms with Gasteiger partial charge in [0.15, 0.2) is 0 Å². The molecule has 0 unspecified atom stereocenters. The van der Waals surface area contributed by atoms with Crippen molar-refractivity contribution in [2.24, 2.45) is 0 Å². The fourth-order valence-corrected chi connectivity index (χ4v) is 2.86. The van der Waals surface area contributed by atoms with Crippen molar-refractivity contribution < 1.29 is 4.74 Å². The minimum absolute atomic E-state index is 0.658. The summed E-state index contributed by atoms with van der Waals surface area (Å²) in [6, 6.07) is 9.89. The predicted octanol–water partition coefficient (Wildman–Crippen LogP) is 4.57. The molecular formula is C14H10Cl2O. The maximum absolute atomic E-state index is 6.13. The lowest BCUT2D eigenvalue weighted by atomic mass is 10.1. The number of halogens is 2. The van der Waals surface area contributed by atoms with E-state index < -0.39 is 0 Å². The van der Waals surface area contributed by atoms with Gasteiger partial charge in [-0.15, -0.1) is 0 Å². The van der Waals surface area contributed by atoms with Crippen LogP contribution in [0, 0.1) is 0 Å². The third kappa shape index (κ3) is 1.62. The molecule has 0 amide bonds. The summed E-state index contributed by atoms with van der Waals surface area (Å²) in [7, 11) is 1.65. The van der Waals surface area contributed by atoms with Crippen LogP contribution in [0.5, 0.6) is 5.75 Å². The second-order valence-electron chi connectivity index (χ2n) is 4.08. The Morgan fingerprint density at radius 2 is 1.82 bits per heavy atom. The van der Waals surface area contributed by atoms with Crippen LogP contribution in [0.3, 0.4) is 0 Å². The van der Waals surface area contributed by atoms with Gasteiger partial charge >= 0.3 is 0 Å². The Morgan fingerprint density at radius 3 is 2.59 bits per heavy atom. The molecule has 1 nitrogen and oxygen atoms in total. The van der Waals surface area contributed by atoms with Gasteiger partial charge in [-0.25, -0.2) is 0 Å². The molecule has 1 aliphatic rings. The molecule has 2 aromatic carbocycles. The Morgan fingerprint density at radius 1 is 1.06 bits per heavy atom. The Kier molecular flexibility index (Phi) is 2.53. The van der Waals surface area contributed by atoms with E-state index in [1.807, 2.05) is 24.3 Å². The molecule has 0 bridgehead atoms. The number of hydrogen-bond donors (Lipinski definition) is 0. The van der Waals surface area contributed by atoms with Crippen LogP contribution < -0.4 is 4.74 Å². The van der Waals surface area contributed by atoms with Crippen LogP contribution in [0.25, 0.3) is 11.1 Å². The minimum Gasteiger partial charge on any atom is -0.495 e. The minimum atomic E-state index is 0.658. The smallest absolute Gasteiger partial charge is 0.141 e. The first-order valence-corrected chi connectivity index (χ1v) is 6.10. The lowest BCUT2D eigenvalue weighted by molar-refractivity contribution is 0.411. The highest BCUT2D eigenvalue weighted by Gasteiger charge is 2.23. The average Bonchev–Trinajstić information content (AvgIpc) is 2.66. The van der Waals surface area contributed by atoms with Crippen LogP contribution in [0.4, 0.5) is 0 Å². The van der Waals surface area contributed by atoms with Gasteiger partial charge in [-0.2, -0.15) is 0 Å². The Balaban J connectivity index is 2.25. The van der Waals surface area contributed by atoms with E-state index in [1.165, 1.54) is 16.7 Å². The molecule has 3 heteroatoms. The Labute approximate surface area is 110 Å². The van der Waals surface area contributed by atoms with E-state index >= 15 is 0 Å². The van der Waals surface area contributed by atoms with Crippen molar-refractivity contribution in [3.8, 4) is 16.9 Å². The van der Waals surface area contributed by atoms with Gasteiger partial charge in [-0.05, 0) is 34.9 Å². The molecule has 86 valence electrons. The lowest BCUT2D eigenvalue weighted by Gasteiger charge is -2.08. The monoisotopic (exact) mass is 264 g/mol. The van der Waals surface area contributed by atoms with Crippen LogP contribution in [-0.2, 0) is 6.42 Å². The first-order chi connectivity index (χ1) is 8.20. The zero-order valence-electron chi connectivity index (χ0n) is 9.26. The summed E-state index contributed by atoms with van der Waals surface area (Å²) in [6.45, 7) is 0. The molecule has 0 saturated carbocycles. The van der Waals surface area contributed by atoms with Gasteiger partial charge in [0.25, 0.3) is 0 Å². The van der Waals surface area contributed by atoms with Gasteiger partial charge in [0.2, 0.25) is 0 Å². The number of fused-ring (bicyclic) bond motifs is 3. The Hall–Kier alpha value is -1.18. The van der Waals surface area contributed by atoms with Crippen molar-refractivity contribution in [3.63, 3.8) is 0 Å². The van der Waals surface area contributed by atoms with Crippen LogP contribution in [0.2, 0.25) is 10.0 Å². The van der Waals surface area contributed by atoms with E-state index in [0.717, 1.165) is 22.8 Å². The second kappa shape index (κ2) is 3.94. The highest BCUT2D eigenvalue weighted by atomic mass is 35.5. The third-order valence-corrected chi connectivity index (χ3v) is 3.67. The third-order valence-electron chi connectivity index (χ3n) is 3.14. The number of benzene rings is 2. The Bertz CT molecular complexity index is 605. The van der Waals surface area contributed by atoms with Gasteiger partial charge in [-0.3, -0.25) is 0 Å². The van der Waals surface area contributed by atoms with Crippen LogP contribution in [-0.4, -0.2) is 7.11 Å². The summed E-state index contributed by atoms with van der Waals surface area (Å²) in [5.74, 6) is 0.775. The summed E-state index contributed by atoms with van der Waals surface area (Å²) in [4.78, 5) is 0. The van der Waals surface area contributed by atoms with E-state index in [0.29, 0.717) is 5.02 Å². The van der Waals surface area contributed by atoms with Crippen molar-refractivity contribution in [1.29, 1.82) is 0 Å². The molecule has 0 radical (unpaired) electrons. The topological polar surface area (TPSA) is 9.23 Å². The molecule has 0 aromatic heterocycles. The summed E-state index contributed by atoms with van der Waals surface area (Å²) in [5.41, 5.74) is 4.79. The van der Waals surface area contributed by atoms with E-state index in [-0.39, 0.29) is 0 Å². The van der Waals surface area contributed by atoms with E-state index in [2.05, 4.69) is 6.07 Å². The molecule has 3 rings (SSSR count). The summed E-state index contributed by atoms with van der Waals surface area (Å²) in [5, 5.41) is 1.42. The molecule has 0 spiro atoms. The van der Waals surface area contributed by atoms with Crippen molar-refractivity contribution in [3.05, 3.63) is 51.5 Å². The van der Waals surface area contributed by atoms with E-state index in [4.69, 9.17) is 27.9 Å². The predicted molar refractivity (Wildman–Crippen MR) is 71.3 cm³/mol. The van der Waals surface area contributed by atoms with Gasteiger partial charge in [0, 0.05) is 17.0 Å². The van der Waals surface area contributed by atoms with Gasteiger partial charge in [0.1, 0.15) is 5.75 Å². The van der Waals surface area contributed by atoms with Crippen molar-refractivity contribution in [1.82, 2.24) is 0 Å². The molecule has 2 aromatic rings. The molecule has 0 heterocycles. The van der Waals surface area contributed by atoms with Crippen molar-refractivity contribution in [2.75, 3.05) is 7.11 Å².